The summed E-state index contributed by atoms with van der Waals surface area (Å²) in [5.41, 5.74) is 1.28. The van der Waals surface area contributed by atoms with Crippen LogP contribution in [0.4, 0.5) is 16.2 Å². The molecule has 0 aliphatic carbocycles. The highest BCUT2D eigenvalue weighted by Crippen LogP contribution is 2.40. The van der Waals surface area contributed by atoms with Gasteiger partial charge in [-0.05, 0) is 67.8 Å². The van der Waals surface area contributed by atoms with E-state index in [0.29, 0.717) is 59.6 Å². The number of hydrogen-bond donors (Lipinski definition) is 3. The highest BCUT2D eigenvalue weighted by atomic mass is 35.5. The van der Waals surface area contributed by atoms with E-state index < -0.39 is 24.3 Å². The lowest BCUT2D eigenvalue weighted by molar-refractivity contribution is -0.137. The lowest BCUT2D eigenvalue weighted by Crippen LogP contribution is -2.43. The molecule has 1 aliphatic heterocycles. The number of halogens is 1. The Balaban J connectivity index is 1.32. The number of carbonyl (C=O) groups excluding carboxylic acids is 1. The quantitative estimate of drug-likeness (QED) is 0.151. The Bertz CT molecular complexity index is 1380. The number of rotatable bonds is 14. The minimum Gasteiger partial charge on any atom is -0.494 e. The Morgan fingerprint density at radius 1 is 0.929 bits per heavy atom. The minimum atomic E-state index is -1.51. The van der Waals surface area contributed by atoms with Crippen LogP contribution in [0, 0.1) is 0 Å². The first-order chi connectivity index (χ1) is 20.3. The number of carboxylic acid groups (broad SMARTS) is 2. The van der Waals surface area contributed by atoms with Crippen molar-refractivity contribution in [3.8, 4) is 17.2 Å². The van der Waals surface area contributed by atoms with Crippen molar-refractivity contribution in [3.63, 3.8) is 0 Å². The smallest absolute Gasteiger partial charge is 0.494 e. The molecule has 0 aromatic heterocycles. The number of benzene rings is 3. The average molecular weight is 599 g/mol. The van der Waals surface area contributed by atoms with E-state index in [1.54, 1.807) is 53.4 Å². The van der Waals surface area contributed by atoms with Crippen LogP contribution in [0.15, 0.2) is 66.7 Å². The lowest BCUT2D eigenvalue weighted by atomic mass is 10.1. The lowest BCUT2D eigenvalue weighted by Gasteiger charge is -2.36. The molecule has 0 radical (unpaired) electrons. The molecule has 1 aliphatic rings. The normalized spacial score (nSPS) is 13.8. The van der Waals surface area contributed by atoms with Gasteiger partial charge >= 0.3 is 12.1 Å². The zero-order chi connectivity index (χ0) is 29.9. The number of hydrogen-bond acceptors (Lipinski definition) is 8. The highest BCUT2D eigenvalue weighted by Gasteiger charge is 2.30. The monoisotopic (exact) mass is 598 g/mol. The molecular weight excluding hydrogens is 568 g/mol. The van der Waals surface area contributed by atoms with Gasteiger partial charge in [-0.15, -0.1) is 0 Å². The maximum Gasteiger partial charge on any atom is 0.508 e. The van der Waals surface area contributed by atoms with Crippen LogP contribution in [-0.4, -0.2) is 60.8 Å². The van der Waals surface area contributed by atoms with Gasteiger partial charge in [-0.2, -0.15) is 0 Å². The summed E-state index contributed by atoms with van der Waals surface area (Å²) in [4.78, 5) is 36.9. The number of amides is 1. The van der Waals surface area contributed by atoms with Gasteiger partial charge in [-0.25, -0.2) is 4.79 Å². The van der Waals surface area contributed by atoms with Crippen LogP contribution < -0.4 is 24.4 Å². The molecule has 3 N–H and O–H groups in total. The zero-order valence-corrected chi connectivity index (χ0v) is 23.4. The molecule has 1 atom stereocenters. The van der Waals surface area contributed by atoms with Crippen LogP contribution in [0.25, 0.3) is 0 Å². The van der Waals surface area contributed by atoms with Crippen molar-refractivity contribution in [1.82, 2.24) is 0 Å². The summed E-state index contributed by atoms with van der Waals surface area (Å²) in [5.74, 6) is 0.159. The molecule has 0 saturated carbocycles. The van der Waals surface area contributed by atoms with Crippen LogP contribution in [0.3, 0.4) is 0 Å². The Hall–Kier alpha value is -4.64. The summed E-state index contributed by atoms with van der Waals surface area (Å²) in [5, 5.41) is 21.5. The third kappa shape index (κ3) is 8.68. The van der Waals surface area contributed by atoms with Gasteiger partial charge in [0.05, 0.1) is 36.2 Å². The molecule has 1 heterocycles. The number of unbranched alkanes of at least 4 members (excludes halogenated alkanes) is 1. The number of para-hydroxylation sites is 2. The van der Waals surface area contributed by atoms with E-state index in [-0.39, 0.29) is 18.7 Å². The molecule has 222 valence electrons. The third-order valence-corrected chi connectivity index (χ3v) is 6.58. The predicted octanol–water partition coefficient (Wildman–Crippen LogP) is 5.91. The first-order valence-electron chi connectivity index (χ1n) is 13.4. The summed E-state index contributed by atoms with van der Waals surface area (Å²) in [6.07, 6.45) is -0.836. The van der Waals surface area contributed by atoms with Crippen molar-refractivity contribution >= 4 is 41.0 Å². The first-order valence-corrected chi connectivity index (χ1v) is 13.8. The van der Waals surface area contributed by atoms with Gasteiger partial charge in [0.2, 0.25) is 0 Å². The van der Waals surface area contributed by atoms with E-state index in [4.69, 9.17) is 40.8 Å². The van der Waals surface area contributed by atoms with Crippen molar-refractivity contribution in [2.45, 2.75) is 32.0 Å². The van der Waals surface area contributed by atoms with Crippen LogP contribution in [-0.2, 0) is 9.53 Å². The molecule has 0 spiro atoms. The van der Waals surface area contributed by atoms with Crippen LogP contribution in [0.1, 0.15) is 36.0 Å². The Morgan fingerprint density at radius 3 is 2.38 bits per heavy atom. The molecule has 1 unspecified atom stereocenters. The number of fused-ring (bicyclic) bond motifs is 1. The zero-order valence-electron chi connectivity index (χ0n) is 22.7. The Morgan fingerprint density at radius 2 is 1.67 bits per heavy atom. The summed E-state index contributed by atoms with van der Waals surface area (Å²) >= 11 is 6.08. The summed E-state index contributed by atoms with van der Waals surface area (Å²) < 4.78 is 22.1. The SMILES string of the molecule is O=C(O)CCCN1CC(OC(=O)O)Oc2c(NC(=O)c3ccc(OCCCCOc4ccccc4Cl)cc3)cccc21. The van der Waals surface area contributed by atoms with Crippen molar-refractivity contribution in [2.75, 3.05) is 36.5 Å². The average Bonchev–Trinajstić information content (AvgIpc) is 2.96. The molecule has 1 amide bonds. The fraction of sp³-hybridized carbons (Fsp3) is 0.300. The van der Waals surface area contributed by atoms with Gasteiger partial charge < -0.3 is 39.4 Å². The number of nitrogens with one attached hydrogen (secondary N) is 1. The molecule has 0 saturated heterocycles. The fourth-order valence-electron chi connectivity index (χ4n) is 4.28. The Labute approximate surface area is 247 Å². The molecular formula is C30H31ClN2O9. The van der Waals surface area contributed by atoms with Gasteiger partial charge in [-0.1, -0.05) is 29.8 Å². The number of carboxylic acids is 1. The number of ether oxygens (including phenoxy) is 4. The second-order valence-electron chi connectivity index (χ2n) is 9.34. The highest BCUT2D eigenvalue weighted by molar-refractivity contribution is 6.32. The van der Waals surface area contributed by atoms with Gasteiger partial charge in [-0.3, -0.25) is 9.59 Å². The molecule has 11 nitrogen and oxygen atoms in total. The fourth-order valence-corrected chi connectivity index (χ4v) is 4.48. The second kappa shape index (κ2) is 14.8. The first kappa shape index (κ1) is 30.3. The number of carbonyl (C=O) groups is 3. The van der Waals surface area contributed by atoms with Gasteiger partial charge in [0, 0.05) is 18.5 Å². The van der Waals surface area contributed by atoms with Crippen LogP contribution >= 0.6 is 11.6 Å². The minimum absolute atomic E-state index is 0.0503. The molecule has 12 heteroatoms. The van der Waals surface area contributed by atoms with E-state index in [1.807, 2.05) is 18.2 Å². The van der Waals surface area contributed by atoms with Gasteiger partial charge in [0.25, 0.3) is 12.2 Å². The van der Waals surface area contributed by atoms with Gasteiger partial charge in [0.15, 0.2) is 5.75 Å². The predicted molar refractivity (Wildman–Crippen MR) is 155 cm³/mol. The van der Waals surface area contributed by atoms with Crippen LogP contribution in [0.5, 0.6) is 17.2 Å². The van der Waals surface area contributed by atoms with Crippen molar-refractivity contribution in [2.24, 2.45) is 0 Å². The number of nitrogens with zero attached hydrogens (tertiary/aromatic N) is 1. The molecule has 3 aromatic rings. The van der Waals surface area contributed by atoms with Gasteiger partial charge in [0.1, 0.15) is 11.5 Å². The third-order valence-electron chi connectivity index (χ3n) is 6.27. The summed E-state index contributed by atoms with van der Waals surface area (Å²) in [6, 6.07) is 19.1. The van der Waals surface area contributed by atoms with E-state index in [0.717, 1.165) is 12.8 Å². The maximum atomic E-state index is 13.0. The molecule has 3 aromatic carbocycles. The largest absolute Gasteiger partial charge is 0.508 e. The van der Waals surface area contributed by atoms with E-state index >= 15 is 0 Å². The van der Waals surface area contributed by atoms with E-state index in [1.165, 1.54) is 0 Å². The van der Waals surface area contributed by atoms with Crippen molar-refractivity contribution in [3.05, 3.63) is 77.3 Å². The standard InChI is InChI=1S/C30H31ClN2O9/c31-22-7-1-2-10-25(22)40-18-4-3-17-39-21-14-12-20(13-15-21)29(36)32-23-8-5-9-24-28(23)41-27(42-30(37)38)19-33(24)16-6-11-26(34)35/h1-2,5,7-10,12-15,27H,3-4,6,11,16-19H2,(H,32,36)(H,34,35)(H,37,38). The second-order valence-corrected chi connectivity index (χ2v) is 9.75. The van der Waals surface area contributed by atoms with Crippen molar-refractivity contribution < 1.29 is 43.5 Å². The summed E-state index contributed by atoms with van der Waals surface area (Å²) in [7, 11) is 0. The molecule has 42 heavy (non-hydrogen) atoms. The number of aliphatic carboxylic acids is 1. The van der Waals surface area contributed by atoms with E-state index in [2.05, 4.69) is 5.32 Å². The van der Waals surface area contributed by atoms with Crippen molar-refractivity contribution in [1.29, 1.82) is 0 Å². The maximum absolute atomic E-state index is 13.0. The Kier molecular flexibility index (Phi) is 10.7. The topological polar surface area (TPSA) is 144 Å². The number of anilines is 2. The molecule has 4 rings (SSSR count). The molecule has 0 fully saturated rings. The van der Waals surface area contributed by atoms with Crippen LogP contribution in [0.2, 0.25) is 5.02 Å². The summed E-state index contributed by atoms with van der Waals surface area (Å²) in [6.45, 7) is 1.40. The van der Waals surface area contributed by atoms with E-state index in [9.17, 15) is 14.4 Å². The molecule has 0 bridgehead atoms.